The fraction of sp³-hybridized carbons (Fsp3) is 0.222. The molecule has 3 rings (SSSR count). The van der Waals surface area contributed by atoms with Gasteiger partial charge in [-0.05, 0) is 31.2 Å². The van der Waals surface area contributed by atoms with Gasteiger partial charge in [-0.15, -0.1) is 0 Å². The van der Waals surface area contributed by atoms with Crippen molar-refractivity contribution in [1.29, 1.82) is 0 Å². The first-order valence-electron chi connectivity index (χ1n) is 7.55. The van der Waals surface area contributed by atoms with E-state index in [4.69, 9.17) is 0 Å². The zero-order chi connectivity index (χ0) is 17.3. The van der Waals surface area contributed by atoms with Crippen molar-refractivity contribution in [2.45, 2.75) is 13.0 Å². The highest BCUT2D eigenvalue weighted by Crippen LogP contribution is 2.27. The molecule has 1 N–H and O–H groups in total. The van der Waals surface area contributed by atoms with E-state index < -0.39 is 23.8 Å². The van der Waals surface area contributed by atoms with Crippen molar-refractivity contribution in [1.82, 2.24) is 9.88 Å². The molecule has 122 valence electrons. The van der Waals surface area contributed by atoms with Crippen molar-refractivity contribution in [3.63, 3.8) is 0 Å². The number of Topliss-reactive ketones (excluding diaryl/α,β-unsaturated/α-hetero) is 1. The molecule has 0 spiro atoms. The number of rotatable bonds is 5. The Kier molecular flexibility index (Phi) is 4.22. The lowest BCUT2D eigenvalue weighted by Gasteiger charge is -2.24. The maximum Gasteiger partial charge on any atom is 0.261 e. The average molecular weight is 324 g/mol. The number of imide groups is 1. The number of hydrogen-bond donors (Lipinski definition) is 1. The maximum absolute atomic E-state index is 12.4. The van der Waals surface area contributed by atoms with Gasteiger partial charge in [-0.2, -0.15) is 0 Å². The summed E-state index contributed by atoms with van der Waals surface area (Å²) in [6.45, 7) is 1.15. The number of aliphatic hydroxyl groups excluding tert-OH is 1. The Bertz CT molecular complexity index is 769. The summed E-state index contributed by atoms with van der Waals surface area (Å²) in [5.41, 5.74) is 0.962. The molecule has 6 heteroatoms. The summed E-state index contributed by atoms with van der Waals surface area (Å²) < 4.78 is 0. The highest BCUT2D eigenvalue weighted by Gasteiger charge is 2.39. The first kappa shape index (κ1) is 16.0. The number of aliphatic hydroxyl groups is 1. The highest BCUT2D eigenvalue weighted by atomic mass is 16.3. The van der Waals surface area contributed by atoms with Gasteiger partial charge in [0.1, 0.15) is 11.9 Å². The standard InChI is InChI=1S/C18H16N2O4/c1-11(21)14(16(22)15-8-4-5-9-19-15)10-20-17(23)12-6-2-3-7-13(12)18(20)24/h2-9,14,16,22H,10H2,1H3. The van der Waals surface area contributed by atoms with Crippen molar-refractivity contribution in [2.75, 3.05) is 6.54 Å². The molecule has 0 aliphatic carbocycles. The third kappa shape index (κ3) is 2.72. The minimum atomic E-state index is -1.19. The summed E-state index contributed by atoms with van der Waals surface area (Å²) in [4.78, 5) is 41.9. The third-order valence-electron chi connectivity index (χ3n) is 4.15. The maximum atomic E-state index is 12.4. The minimum absolute atomic E-state index is 0.181. The molecule has 24 heavy (non-hydrogen) atoms. The van der Waals surface area contributed by atoms with Crippen LogP contribution in [0.1, 0.15) is 39.4 Å². The predicted molar refractivity (Wildman–Crippen MR) is 85.2 cm³/mol. The molecule has 0 radical (unpaired) electrons. The van der Waals surface area contributed by atoms with Gasteiger partial charge in [-0.1, -0.05) is 18.2 Å². The molecule has 2 aromatic rings. The summed E-state index contributed by atoms with van der Waals surface area (Å²) in [7, 11) is 0. The van der Waals surface area contributed by atoms with Crippen LogP contribution in [0.4, 0.5) is 0 Å². The van der Waals surface area contributed by atoms with E-state index in [1.54, 1.807) is 42.5 Å². The molecule has 1 aliphatic heterocycles. The van der Waals surface area contributed by atoms with Crippen molar-refractivity contribution >= 4 is 17.6 Å². The van der Waals surface area contributed by atoms with Gasteiger partial charge in [0, 0.05) is 12.7 Å². The van der Waals surface area contributed by atoms with Crippen LogP contribution in [0.15, 0.2) is 48.7 Å². The Morgan fingerprint density at radius 1 is 1.08 bits per heavy atom. The number of carbonyl (C=O) groups excluding carboxylic acids is 3. The quantitative estimate of drug-likeness (QED) is 0.844. The van der Waals surface area contributed by atoms with E-state index in [0.717, 1.165) is 4.90 Å². The van der Waals surface area contributed by atoms with E-state index in [0.29, 0.717) is 16.8 Å². The number of pyridine rings is 1. The van der Waals surface area contributed by atoms with Gasteiger partial charge in [0.2, 0.25) is 0 Å². The van der Waals surface area contributed by atoms with Crippen LogP contribution in [0.2, 0.25) is 0 Å². The molecular formula is C18H16N2O4. The van der Waals surface area contributed by atoms with Crippen molar-refractivity contribution in [3.8, 4) is 0 Å². The van der Waals surface area contributed by atoms with E-state index in [-0.39, 0.29) is 12.3 Å². The normalized spacial score (nSPS) is 16.0. The Morgan fingerprint density at radius 2 is 1.67 bits per heavy atom. The van der Waals surface area contributed by atoms with Gasteiger partial charge in [0.25, 0.3) is 11.8 Å². The molecule has 2 amide bonds. The SMILES string of the molecule is CC(=O)C(CN1C(=O)c2ccccc2C1=O)C(O)c1ccccn1. The van der Waals surface area contributed by atoms with E-state index in [9.17, 15) is 19.5 Å². The number of amides is 2. The highest BCUT2D eigenvalue weighted by molar-refractivity contribution is 6.21. The van der Waals surface area contributed by atoms with Gasteiger partial charge < -0.3 is 5.11 Å². The largest absolute Gasteiger partial charge is 0.386 e. The number of hydrogen-bond acceptors (Lipinski definition) is 5. The second-order valence-electron chi connectivity index (χ2n) is 5.68. The molecule has 1 aromatic heterocycles. The van der Waals surface area contributed by atoms with Crippen LogP contribution in [0.3, 0.4) is 0 Å². The van der Waals surface area contributed by atoms with Crippen molar-refractivity contribution in [3.05, 3.63) is 65.5 Å². The molecule has 6 nitrogen and oxygen atoms in total. The van der Waals surface area contributed by atoms with Crippen molar-refractivity contribution in [2.24, 2.45) is 5.92 Å². The van der Waals surface area contributed by atoms with Gasteiger partial charge in [0.05, 0.1) is 22.7 Å². The molecule has 0 fully saturated rings. The molecule has 0 bridgehead atoms. The van der Waals surface area contributed by atoms with E-state index in [1.165, 1.54) is 13.1 Å². The molecule has 0 saturated carbocycles. The lowest BCUT2D eigenvalue weighted by molar-refractivity contribution is -0.124. The molecule has 1 aromatic carbocycles. The van der Waals surface area contributed by atoms with Crippen molar-refractivity contribution < 1.29 is 19.5 Å². The predicted octanol–water partition coefficient (Wildman–Crippen LogP) is 1.62. The number of nitrogens with zero attached hydrogens (tertiary/aromatic N) is 2. The average Bonchev–Trinajstić information content (AvgIpc) is 2.84. The third-order valence-corrected chi connectivity index (χ3v) is 4.15. The first-order valence-corrected chi connectivity index (χ1v) is 7.55. The minimum Gasteiger partial charge on any atom is -0.386 e. The molecular weight excluding hydrogens is 308 g/mol. The second kappa shape index (κ2) is 6.33. The zero-order valence-electron chi connectivity index (χ0n) is 13.0. The smallest absolute Gasteiger partial charge is 0.261 e. The number of aromatic nitrogens is 1. The van der Waals surface area contributed by atoms with E-state index >= 15 is 0 Å². The molecule has 1 aliphatic rings. The molecule has 2 heterocycles. The number of ketones is 1. The number of benzene rings is 1. The van der Waals surface area contributed by atoms with Crippen LogP contribution < -0.4 is 0 Å². The monoisotopic (exact) mass is 324 g/mol. The molecule has 2 unspecified atom stereocenters. The fourth-order valence-corrected chi connectivity index (χ4v) is 2.81. The van der Waals surface area contributed by atoms with Crippen LogP contribution in [0, 0.1) is 5.92 Å². The van der Waals surface area contributed by atoms with Gasteiger partial charge in [-0.25, -0.2) is 0 Å². The second-order valence-corrected chi connectivity index (χ2v) is 5.68. The number of carbonyl (C=O) groups is 3. The van der Waals surface area contributed by atoms with Gasteiger partial charge in [-0.3, -0.25) is 24.3 Å². The molecule has 2 atom stereocenters. The first-order chi connectivity index (χ1) is 11.5. The Hall–Kier alpha value is -2.86. The fourth-order valence-electron chi connectivity index (χ4n) is 2.81. The van der Waals surface area contributed by atoms with E-state index in [2.05, 4.69) is 4.98 Å². The summed E-state index contributed by atoms with van der Waals surface area (Å²) >= 11 is 0. The van der Waals surface area contributed by atoms with Crippen LogP contribution in [-0.4, -0.2) is 39.1 Å². The van der Waals surface area contributed by atoms with Crippen LogP contribution >= 0.6 is 0 Å². The topological polar surface area (TPSA) is 87.6 Å². The number of fused-ring (bicyclic) bond motifs is 1. The Balaban J connectivity index is 1.87. The van der Waals surface area contributed by atoms with Crippen LogP contribution in [0.5, 0.6) is 0 Å². The summed E-state index contributed by atoms with van der Waals surface area (Å²) in [6.07, 6.45) is 0.325. The van der Waals surface area contributed by atoms with Crippen LogP contribution in [-0.2, 0) is 4.79 Å². The van der Waals surface area contributed by atoms with Gasteiger partial charge in [0.15, 0.2) is 0 Å². The summed E-state index contributed by atoms with van der Waals surface area (Å²) in [6, 6.07) is 11.5. The molecule has 0 saturated heterocycles. The summed E-state index contributed by atoms with van der Waals surface area (Å²) in [5, 5.41) is 10.5. The van der Waals surface area contributed by atoms with Crippen LogP contribution in [0.25, 0.3) is 0 Å². The Morgan fingerprint density at radius 3 is 2.17 bits per heavy atom. The van der Waals surface area contributed by atoms with E-state index in [1.807, 2.05) is 0 Å². The zero-order valence-corrected chi connectivity index (χ0v) is 13.0. The summed E-state index contributed by atoms with van der Waals surface area (Å²) in [5.74, 6) is -2.14. The Labute approximate surface area is 138 Å². The lowest BCUT2D eigenvalue weighted by Crippen LogP contribution is -2.39. The lowest BCUT2D eigenvalue weighted by atomic mass is 9.94. The van der Waals surface area contributed by atoms with Gasteiger partial charge >= 0.3 is 0 Å².